The van der Waals surface area contributed by atoms with Crippen LogP contribution in [0.4, 0.5) is 0 Å². The molecule has 1 aromatic carbocycles. The number of fused-ring (bicyclic) bond motifs is 1. The third-order valence-corrected chi connectivity index (χ3v) is 4.96. The van der Waals surface area contributed by atoms with Gasteiger partial charge in [0.25, 0.3) is 5.91 Å². The molecule has 2 aromatic rings. The van der Waals surface area contributed by atoms with Crippen LogP contribution in [0.5, 0.6) is 11.5 Å². The van der Waals surface area contributed by atoms with Crippen LogP contribution in [0.3, 0.4) is 0 Å². The fourth-order valence-corrected chi connectivity index (χ4v) is 3.63. The van der Waals surface area contributed by atoms with Crippen molar-refractivity contribution in [2.45, 2.75) is 26.3 Å². The lowest BCUT2D eigenvalue weighted by molar-refractivity contribution is 0.0927. The molecular weight excluding hydrogens is 332 g/mol. The second-order valence-electron chi connectivity index (χ2n) is 7.03. The van der Waals surface area contributed by atoms with Crippen LogP contribution in [-0.2, 0) is 6.54 Å². The minimum atomic E-state index is -0.0675. The summed E-state index contributed by atoms with van der Waals surface area (Å²) in [4.78, 5) is 14.8. The number of rotatable bonds is 5. The molecule has 1 atom stereocenters. The molecule has 4 rings (SSSR count). The van der Waals surface area contributed by atoms with E-state index in [9.17, 15) is 4.79 Å². The van der Waals surface area contributed by atoms with Gasteiger partial charge in [-0.15, -0.1) is 0 Å². The second kappa shape index (κ2) is 7.41. The summed E-state index contributed by atoms with van der Waals surface area (Å²) in [5.74, 6) is 3.67. The Hall–Kier alpha value is -2.47. The zero-order valence-electron chi connectivity index (χ0n) is 15.0. The average molecular weight is 356 g/mol. The van der Waals surface area contributed by atoms with Crippen LogP contribution in [0.25, 0.3) is 0 Å². The monoisotopic (exact) mass is 356 g/mol. The van der Waals surface area contributed by atoms with Crippen molar-refractivity contribution in [1.82, 2.24) is 10.2 Å². The second-order valence-corrected chi connectivity index (χ2v) is 7.03. The van der Waals surface area contributed by atoms with E-state index in [-0.39, 0.29) is 12.7 Å². The topological polar surface area (TPSA) is 63.9 Å². The Balaban J connectivity index is 1.29. The predicted molar refractivity (Wildman–Crippen MR) is 96.3 cm³/mol. The molecule has 0 aliphatic carbocycles. The van der Waals surface area contributed by atoms with Crippen molar-refractivity contribution in [2.24, 2.45) is 5.92 Å². The Morgan fingerprint density at radius 1 is 1.23 bits per heavy atom. The number of carbonyl (C=O) groups is 1. The molecule has 0 radical (unpaired) electrons. The number of benzene rings is 1. The Kier molecular flexibility index (Phi) is 4.84. The van der Waals surface area contributed by atoms with Gasteiger partial charge < -0.3 is 19.2 Å². The Morgan fingerprint density at radius 3 is 2.96 bits per heavy atom. The SMILES string of the molecule is Cc1ccc(CN2CCC[C@@H](CNC(=O)c3ccc4c(c3)OCO4)C2)o1. The zero-order valence-corrected chi connectivity index (χ0v) is 15.0. The molecule has 6 nitrogen and oxygen atoms in total. The number of likely N-dealkylation sites (tertiary alicyclic amines) is 1. The van der Waals surface area contributed by atoms with Crippen molar-refractivity contribution < 1.29 is 18.7 Å². The summed E-state index contributed by atoms with van der Waals surface area (Å²) < 4.78 is 16.3. The lowest BCUT2D eigenvalue weighted by Crippen LogP contribution is -2.40. The number of nitrogens with one attached hydrogen (secondary N) is 1. The Morgan fingerprint density at radius 2 is 2.12 bits per heavy atom. The highest BCUT2D eigenvalue weighted by Gasteiger charge is 2.22. The van der Waals surface area contributed by atoms with Crippen LogP contribution in [0, 0.1) is 12.8 Å². The minimum absolute atomic E-state index is 0.0675. The van der Waals surface area contributed by atoms with Crippen molar-refractivity contribution in [2.75, 3.05) is 26.4 Å². The van der Waals surface area contributed by atoms with E-state index in [1.807, 2.05) is 19.1 Å². The molecular formula is C20H24N2O4. The quantitative estimate of drug-likeness (QED) is 0.892. The smallest absolute Gasteiger partial charge is 0.251 e. The standard InChI is InChI=1S/C20H24N2O4/c1-14-4-6-17(26-14)12-22-8-2-3-15(11-22)10-21-20(23)16-5-7-18-19(9-16)25-13-24-18/h4-7,9,15H,2-3,8,10-13H2,1H3,(H,21,23)/t15-/m0/s1. The van der Waals surface area contributed by atoms with Gasteiger partial charge in [-0.3, -0.25) is 9.69 Å². The van der Waals surface area contributed by atoms with Gasteiger partial charge in [0.1, 0.15) is 11.5 Å². The molecule has 0 unspecified atom stereocenters. The number of furan rings is 1. The van der Waals surface area contributed by atoms with Gasteiger partial charge in [0.05, 0.1) is 6.54 Å². The van der Waals surface area contributed by atoms with Gasteiger partial charge in [-0.2, -0.15) is 0 Å². The Labute approximate surface area is 153 Å². The zero-order chi connectivity index (χ0) is 17.9. The molecule has 0 saturated carbocycles. The summed E-state index contributed by atoms with van der Waals surface area (Å²) in [5, 5.41) is 3.06. The van der Waals surface area contributed by atoms with Gasteiger partial charge in [-0.05, 0) is 62.6 Å². The Bertz CT molecular complexity index is 786. The normalized spacial score (nSPS) is 19.5. The summed E-state index contributed by atoms with van der Waals surface area (Å²) in [7, 11) is 0. The number of amides is 1. The molecule has 0 bridgehead atoms. The van der Waals surface area contributed by atoms with Crippen molar-refractivity contribution in [3.63, 3.8) is 0 Å². The van der Waals surface area contributed by atoms with Crippen LogP contribution < -0.4 is 14.8 Å². The third-order valence-electron chi connectivity index (χ3n) is 4.96. The maximum atomic E-state index is 12.4. The van der Waals surface area contributed by atoms with E-state index >= 15 is 0 Å². The van der Waals surface area contributed by atoms with Crippen LogP contribution >= 0.6 is 0 Å². The summed E-state index contributed by atoms with van der Waals surface area (Å²) >= 11 is 0. The van der Waals surface area contributed by atoms with Gasteiger partial charge in [-0.25, -0.2) is 0 Å². The number of aryl methyl sites for hydroxylation is 1. The van der Waals surface area contributed by atoms with E-state index in [2.05, 4.69) is 10.2 Å². The molecule has 1 N–H and O–H groups in total. The van der Waals surface area contributed by atoms with E-state index in [0.29, 0.717) is 29.5 Å². The van der Waals surface area contributed by atoms with Crippen molar-refractivity contribution >= 4 is 5.91 Å². The molecule has 1 amide bonds. The molecule has 138 valence electrons. The molecule has 3 heterocycles. The summed E-state index contributed by atoms with van der Waals surface area (Å²) in [5.41, 5.74) is 0.605. The molecule has 1 fully saturated rings. The summed E-state index contributed by atoms with van der Waals surface area (Å²) in [6, 6.07) is 9.34. The molecule has 26 heavy (non-hydrogen) atoms. The maximum absolute atomic E-state index is 12.4. The maximum Gasteiger partial charge on any atom is 0.251 e. The number of hydrogen-bond acceptors (Lipinski definition) is 5. The van der Waals surface area contributed by atoms with E-state index in [1.54, 1.807) is 18.2 Å². The molecule has 6 heteroatoms. The number of nitrogens with zero attached hydrogens (tertiary/aromatic N) is 1. The van der Waals surface area contributed by atoms with Crippen LogP contribution in [0.2, 0.25) is 0 Å². The molecule has 1 aromatic heterocycles. The summed E-state index contributed by atoms with van der Waals surface area (Å²) in [6.45, 7) is 5.75. The molecule has 2 aliphatic rings. The van der Waals surface area contributed by atoms with E-state index in [1.165, 1.54) is 0 Å². The fraction of sp³-hybridized carbons (Fsp3) is 0.450. The third kappa shape index (κ3) is 3.85. The van der Waals surface area contributed by atoms with Crippen LogP contribution in [-0.4, -0.2) is 37.2 Å². The first-order valence-electron chi connectivity index (χ1n) is 9.13. The van der Waals surface area contributed by atoms with Crippen molar-refractivity contribution in [3.8, 4) is 11.5 Å². The predicted octanol–water partition coefficient (Wildman–Crippen LogP) is 2.96. The average Bonchev–Trinajstić information content (AvgIpc) is 3.28. The van der Waals surface area contributed by atoms with E-state index in [0.717, 1.165) is 44.0 Å². The lowest BCUT2D eigenvalue weighted by atomic mass is 9.97. The van der Waals surface area contributed by atoms with Crippen molar-refractivity contribution in [3.05, 3.63) is 47.4 Å². The number of piperidine rings is 1. The van der Waals surface area contributed by atoms with Gasteiger partial charge in [0, 0.05) is 18.7 Å². The lowest BCUT2D eigenvalue weighted by Gasteiger charge is -2.32. The molecule has 1 saturated heterocycles. The highest BCUT2D eigenvalue weighted by Crippen LogP contribution is 2.32. The van der Waals surface area contributed by atoms with Gasteiger partial charge in [-0.1, -0.05) is 0 Å². The van der Waals surface area contributed by atoms with Crippen LogP contribution in [0.1, 0.15) is 34.7 Å². The summed E-state index contributed by atoms with van der Waals surface area (Å²) in [6.07, 6.45) is 2.28. The number of hydrogen-bond donors (Lipinski definition) is 1. The minimum Gasteiger partial charge on any atom is -0.465 e. The van der Waals surface area contributed by atoms with Crippen LogP contribution in [0.15, 0.2) is 34.7 Å². The van der Waals surface area contributed by atoms with Gasteiger partial charge >= 0.3 is 0 Å². The van der Waals surface area contributed by atoms with Crippen molar-refractivity contribution in [1.29, 1.82) is 0 Å². The molecule has 2 aliphatic heterocycles. The number of carbonyl (C=O) groups excluding carboxylic acids is 1. The largest absolute Gasteiger partial charge is 0.465 e. The van der Waals surface area contributed by atoms with Gasteiger partial charge in [0.2, 0.25) is 6.79 Å². The number of ether oxygens (including phenoxy) is 2. The van der Waals surface area contributed by atoms with Gasteiger partial charge in [0.15, 0.2) is 11.5 Å². The van der Waals surface area contributed by atoms with E-state index in [4.69, 9.17) is 13.9 Å². The van der Waals surface area contributed by atoms with E-state index < -0.39 is 0 Å². The first-order valence-corrected chi connectivity index (χ1v) is 9.13. The first-order chi connectivity index (χ1) is 12.7. The highest BCUT2D eigenvalue weighted by atomic mass is 16.7. The first kappa shape index (κ1) is 17.0. The fourth-order valence-electron chi connectivity index (χ4n) is 3.63. The molecule has 0 spiro atoms. The highest BCUT2D eigenvalue weighted by molar-refractivity contribution is 5.94.